The number of nitrogens with zero attached hydrogens (tertiary/aromatic N) is 1. The Kier molecular flexibility index (Phi) is 7.11. The van der Waals surface area contributed by atoms with Gasteiger partial charge in [-0.25, -0.2) is 0 Å². The summed E-state index contributed by atoms with van der Waals surface area (Å²) in [6.07, 6.45) is 3.01. The van der Waals surface area contributed by atoms with E-state index in [1.165, 1.54) is 0 Å². The normalized spacial score (nSPS) is 14.8. The van der Waals surface area contributed by atoms with E-state index in [1.54, 1.807) is 31.4 Å². The van der Waals surface area contributed by atoms with Gasteiger partial charge in [0, 0.05) is 19.2 Å². The third-order valence-corrected chi connectivity index (χ3v) is 5.04. The lowest BCUT2D eigenvalue weighted by atomic mass is 10.1. The number of carbonyl (C=O) groups is 2. The molecule has 1 atom stereocenters. The van der Waals surface area contributed by atoms with Crippen LogP contribution in [0.5, 0.6) is 11.5 Å². The highest BCUT2D eigenvalue weighted by molar-refractivity contribution is 6.04. The Morgan fingerprint density at radius 3 is 2.48 bits per heavy atom. The Labute approximate surface area is 171 Å². The zero-order valence-electron chi connectivity index (χ0n) is 17.0. The highest BCUT2D eigenvalue weighted by Gasteiger charge is 2.24. The van der Waals surface area contributed by atoms with E-state index in [2.05, 4.69) is 5.32 Å². The van der Waals surface area contributed by atoms with Gasteiger partial charge in [0.05, 0.1) is 18.4 Å². The quantitative estimate of drug-likeness (QED) is 0.765. The van der Waals surface area contributed by atoms with Gasteiger partial charge in [0.15, 0.2) is 6.10 Å². The van der Waals surface area contributed by atoms with Crippen LogP contribution in [0.25, 0.3) is 0 Å². The Morgan fingerprint density at radius 1 is 1.03 bits per heavy atom. The summed E-state index contributed by atoms with van der Waals surface area (Å²) in [5.41, 5.74) is 1.03. The number of ether oxygens (including phenoxy) is 2. The van der Waals surface area contributed by atoms with Crippen molar-refractivity contribution in [1.29, 1.82) is 0 Å². The summed E-state index contributed by atoms with van der Waals surface area (Å²) in [6.45, 7) is 3.41. The predicted molar refractivity (Wildman–Crippen MR) is 113 cm³/mol. The topological polar surface area (TPSA) is 67.9 Å². The standard InChI is InChI=1S/C23H28N2O4/c1-3-21(29-18-11-9-10-17(16-18)28-2)22(26)24-20-13-6-5-12-19(20)23(27)25-14-7-4-8-15-25/h5-6,9-13,16,21H,3-4,7-8,14-15H2,1-2H3,(H,24,26)/t21-/m1/s1. The second-order valence-corrected chi connectivity index (χ2v) is 7.08. The number of hydrogen-bond acceptors (Lipinski definition) is 4. The summed E-state index contributed by atoms with van der Waals surface area (Å²) >= 11 is 0. The van der Waals surface area contributed by atoms with E-state index < -0.39 is 6.10 Å². The maximum absolute atomic E-state index is 12.9. The zero-order chi connectivity index (χ0) is 20.6. The second kappa shape index (κ2) is 9.96. The molecule has 1 saturated heterocycles. The summed E-state index contributed by atoms with van der Waals surface area (Å²) in [5, 5.41) is 2.89. The molecule has 0 aromatic heterocycles. The number of nitrogens with one attached hydrogen (secondary N) is 1. The summed E-state index contributed by atoms with van der Waals surface area (Å²) in [5.74, 6) is 0.899. The molecular weight excluding hydrogens is 368 g/mol. The summed E-state index contributed by atoms with van der Waals surface area (Å²) in [7, 11) is 1.58. The third kappa shape index (κ3) is 5.28. The van der Waals surface area contributed by atoms with Crippen LogP contribution in [0.3, 0.4) is 0 Å². The van der Waals surface area contributed by atoms with Gasteiger partial charge in [0.2, 0.25) is 0 Å². The summed E-state index contributed by atoms with van der Waals surface area (Å²) in [4.78, 5) is 27.7. The molecule has 1 fully saturated rings. The van der Waals surface area contributed by atoms with E-state index in [1.807, 2.05) is 36.1 Å². The molecule has 2 aromatic carbocycles. The lowest BCUT2D eigenvalue weighted by molar-refractivity contribution is -0.122. The molecule has 1 heterocycles. The van der Waals surface area contributed by atoms with Crippen molar-refractivity contribution in [1.82, 2.24) is 4.90 Å². The zero-order valence-corrected chi connectivity index (χ0v) is 17.0. The van der Waals surface area contributed by atoms with Crippen molar-refractivity contribution in [2.45, 2.75) is 38.7 Å². The van der Waals surface area contributed by atoms with Crippen LogP contribution in [-0.4, -0.2) is 43.0 Å². The van der Waals surface area contributed by atoms with Crippen molar-refractivity contribution in [3.05, 3.63) is 54.1 Å². The van der Waals surface area contributed by atoms with Gasteiger partial charge in [-0.2, -0.15) is 0 Å². The smallest absolute Gasteiger partial charge is 0.265 e. The highest BCUT2D eigenvalue weighted by atomic mass is 16.5. The van der Waals surface area contributed by atoms with Crippen molar-refractivity contribution < 1.29 is 19.1 Å². The monoisotopic (exact) mass is 396 g/mol. The van der Waals surface area contributed by atoms with Crippen LogP contribution < -0.4 is 14.8 Å². The number of piperidine rings is 1. The third-order valence-electron chi connectivity index (χ3n) is 5.04. The van der Waals surface area contributed by atoms with Gasteiger partial charge in [0.1, 0.15) is 11.5 Å². The first kappa shape index (κ1) is 20.7. The highest BCUT2D eigenvalue weighted by Crippen LogP contribution is 2.23. The van der Waals surface area contributed by atoms with E-state index in [0.717, 1.165) is 32.4 Å². The molecule has 3 rings (SSSR count). The molecule has 1 N–H and O–H groups in total. The van der Waals surface area contributed by atoms with E-state index in [9.17, 15) is 9.59 Å². The van der Waals surface area contributed by atoms with E-state index in [-0.39, 0.29) is 11.8 Å². The molecule has 0 aliphatic carbocycles. The van der Waals surface area contributed by atoms with E-state index >= 15 is 0 Å². The molecule has 154 valence electrons. The molecule has 1 aliphatic rings. The van der Waals surface area contributed by atoms with Gasteiger partial charge in [-0.05, 0) is 49.9 Å². The van der Waals surface area contributed by atoms with Crippen LogP contribution in [0.15, 0.2) is 48.5 Å². The van der Waals surface area contributed by atoms with E-state index in [4.69, 9.17) is 9.47 Å². The molecule has 2 aromatic rings. The second-order valence-electron chi connectivity index (χ2n) is 7.08. The number of rotatable bonds is 7. The van der Waals surface area contributed by atoms with Crippen LogP contribution in [0.2, 0.25) is 0 Å². The number of benzene rings is 2. The maximum Gasteiger partial charge on any atom is 0.265 e. The van der Waals surface area contributed by atoms with Gasteiger partial charge in [0.25, 0.3) is 11.8 Å². The lowest BCUT2D eigenvalue weighted by Crippen LogP contribution is -2.37. The molecule has 6 nitrogen and oxygen atoms in total. The first-order valence-electron chi connectivity index (χ1n) is 10.1. The van der Waals surface area contributed by atoms with Gasteiger partial charge in [-0.3, -0.25) is 9.59 Å². The van der Waals surface area contributed by atoms with Crippen molar-refractivity contribution in [2.75, 3.05) is 25.5 Å². The molecule has 6 heteroatoms. The molecule has 29 heavy (non-hydrogen) atoms. The molecule has 2 amide bonds. The number of anilines is 1. The Balaban J connectivity index is 1.72. The Morgan fingerprint density at radius 2 is 1.76 bits per heavy atom. The number of methoxy groups -OCH3 is 1. The molecule has 0 unspecified atom stereocenters. The van der Waals surface area contributed by atoms with Crippen molar-refractivity contribution in [2.24, 2.45) is 0 Å². The first-order chi connectivity index (χ1) is 14.1. The molecule has 0 radical (unpaired) electrons. The lowest BCUT2D eigenvalue weighted by Gasteiger charge is -2.27. The summed E-state index contributed by atoms with van der Waals surface area (Å²) in [6, 6.07) is 14.3. The molecular formula is C23H28N2O4. The number of para-hydroxylation sites is 1. The fourth-order valence-corrected chi connectivity index (χ4v) is 3.42. The minimum absolute atomic E-state index is 0.0395. The van der Waals surface area contributed by atoms with Gasteiger partial charge in [-0.15, -0.1) is 0 Å². The van der Waals surface area contributed by atoms with Crippen LogP contribution in [0.4, 0.5) is 5.69 Å². The van der Waals surface area contributed by atoms with Crippen LogP contribution in [-0.2, 0) is 4.79 Å². The number of amides is 2. The molecule has 1 aliphatic heterocycles. The summed E-state index contributed by atoms with van der Waals surface area (Å²) < 4.78 is 11.1. The fourth-order valence-electron chi connectivity index (χ4n) is 3.42. The van der Waals surface area contributed by atoms with E-state index in [0.29, 0.717) is 29.2 Å². The molecule has 0 saturated carbocycles. The van der Waals surface area contributed by atoms with Crippen molar-refractivity contribution in [3.8, 4) is 11.5 Å². The van der Waals surface area contributed by atoms with Gasteiger partial charge >= 0.3 is 0 Å². The van der Waals surface area contributed by atoms with Crippen molar-refractivity contribution >= 4 is 17.5 Å². The number of carbonyl (C=O) groups excluding carboxylic acids is 2. The van der Waals surface area contributed by atoms with Crippen LogP contribution in [0, 0.1) is 0 Å². The fraction of sp³-hybridized carbons (Fsp3) is 0.391. The van der Waals surface area contributed by atoms with Crippen molar-refractivity contribution in [3.63, 3.8) is 0 Å². The first-order valence-corrected chi connectivity index (χ1v) is 10.1. The van der Waals surface area contributed by atoms with Crippen LogP contribution >= 0.6 is 0 Å². The maximum atomic E-state index is 12.9. The molecule has 0 bridgehead atoms. The predicted octanol–water partition coefficient (Wildman–Crippen LogP) is 4.12. The SMILES string of the molecule is CC[C@@H](Oc1cccc(OC)c1)C(=O)Nc1ccccc1C(=O)N1CCCCC1. The minimum atomic E-state index is -0.680. The molecule has 0 spiro atoms. The Hall–Kier alpha value is -3.02. The average Bonchev–Trinajstić information content (AvgIpc) is 2.78. The van der Waals surface area contributed by atoms with Gasteiger partial charge in [-0.1, -0.05) is 25.1 Å². The largest absolute Gasteiger partial charge is 0.497 e. The van der Waals surface area contributed by atoms with Gasteiger partial charge < -0.3 is 19.7 Å². The average molecular weight is 396 g/mol. The van der Waals surface area contributed by atoms with Crippen LogP contribution in [0.1, 0.15) is 43.0 Å². The number of likely N-dealkylation sites (tertiary alicyclic amines) is 1. The number of hydrogen-bond donors (Lipinski definition) is 1. The Bertz CT molecular complexity index is 846. The minimum Gasteiger partial charge on any atom is -0.497 e.